The Bertz CT molecular complexity index is 556. The van der Waals surface area contributed by atoms with E-state index in [4.69, 9.17) is 5.73 Å². The first-order valence-corrected chi connectivity index (χ1v) is 7.48. The minimum atomic E-state index is -2.98. The van der Waals surface area contributed by atoms with Gasteiger partial charge >= 0.3 is 0 Å². The van der Waals surface area contributed by atoms with E-state index >= 15 is 0 Å². The highest BCUT2D eigenvalue weighted by Gasteiger charge is 2.29. The summed E-state index contributed by atoms with van der Waals surface area (Å²) in [6.45, 7) is 0.263. The van der Waals surface area contributed by atoms with Crippen LogP contribution in [-0.4, -0.2) is 36.9 Å². The minimum absolute atomic E-state index is 0.0214. The molecule has 2 rings (SSSR count). The number of pyridine rings is 1. The fourth-order valence-corrected chi connectivity index (χ4v) is 3.58. The molecule has 0 radical (unpaired) electrons. The second kappa shape index (κ2) is 5.03. The number of nitrogens with two attached hydrogens (primary N) is 1. The SMILES string of the molecule is NCc1cc(C(=O)NC2CCS(=O)(=O)C2)ccn1. The number of rotatable bonds is 3. The van der Waals surface area contributed by atoms with Crippen LogP contribution in [0.1, 0.15) is 22.5 Å². The first kappa shape index (κ1) is 13.0. The van der Waals surface area contributed by atoms with Crippen molar-refractivity contribution < 1.29 is 13.2 Å². The maximum Gasteiger partial charge on any atom is 0.251 e. The van der Waals surface area contributed by atoms with E-state index in [9.17, 15) is 13.2 Å². The predicted octanol–water partition coefficient (Wildman–Crippen LogP) is -0.543. The second-order valence-electron chi connectivity index (χ2n) is 4.31. The Kier molecular flexibility index (Phi) is 3.63. The highest BCUT2D eigenvalue weighted by Crippen LogP contribution is 2.12. The van der Waals surface area contributed by atoms with E-state index in [1.54, 1.807) is 12.1 Å². The Morgan fingerprint density at radius 3 is 2.94 bits per heavy atom. The molecule has 1 aliphatic rings. The lowest BCUT2D eigenvalue weighted by atomic mass is 10.2. The molecule has 0 aliphatic carbocycles. The van der Waals surface area contributed by atoms with Crippen LogP contribution in [0.4, 0.5) is 0 Å². The lowest BCUT2D eigenvalue weighted by Crippen LogP contribution is -2.35. The summed E-state index contributed by atoms with van der Waals surface area (Å²) in [4.78, 5) is 15.9. The molecular formula is C11H15N3O3S. The van der Waals surface area contributed by atoms with Crippen LogP contribution in [0.15, 0.2) is 18.3 Å². The third-order valence-corrected chi connectivity index (χ3v) is 4.62. The number of carbonyl (C=O) groups is 1. The van der Waals surface area contributed by atoms with Crippen LogP contribution >= 0.6 is 0 Å². The fourth-order valence-electron chi connectivity index (χ4n) is 1.91. The summed E-state index contributed by atoms with van der Waals surface area (Å²) in [7, 11) is -2.98. The van der Waals surface area contributed by atoms with Crippen LogP contribution in [0.5, 0.6) is 0 Å². The van der Waals surface area contributed by atoms with Gasteiger partial charge in [-0.2, -0.15) is 0 Å². The average Bonchev–Trinajstić information content (AvgIpc) is 2.68. The summed E-state index contributed by atoms with van der Waals surface area (Å²) in [6.07, 6.45) is 1.99. The van der Waals surface area contributed by atoms with Crippen LogP contribution in [-0.2, 0) is 16.4 Å². The van der Waals surface area contributed by atoms with Gasteiger partial charge in [-0.3, -0.25) is 9.78 Å². The van der Waals surface area contributed by atoms with Crippen molar-refractivity contribution >= 4 is 15.7 Å². The van der Waals surface area contributed by atoms with Crippen LogP contribution in [0.2, 0.25) is 0 Å². The van der Waals surface area contributed by atoms with E-state index in [0.717, 1.165) is 0 Å². The van der Waals surface area contributed by atoms with Crippen molar-refractivity contribution in [3.05, 3.63) is 29.6 Å². The molecule has 1 saturated heterocycles. The molecular weight excluding hydrogens is 254 g/mol. The summed E-state index contributed by atoms with van der Waals surface area (Å²) >= 11 is 0. The number of aromatic nitrogens is 1. The number of sulfone groups is 1. The smallest absolute Gasteiger partial charge is 0.251 e. The van der Waals surface area contributed by atoms with Crippen molar-refractivity contribution in [1.29, 1.82) is 0 Å². The van der Waals surface area contributed by atoms with Crippen LogP contribution in [0.25, 0.3) is 0 Å². The molecule has 2 heterocycles. The van der Waals surface area contributed by atoms with Gasteiger partial charge in [0, 0.05) is 24.3 Å². The molecule has 98 valence electrons. The van der Waals surface area contributed by atoms with Gasteiger partial charge in [-0.05, 0) is 18.6 Å². The van der Waals surface area contributed by atoms with Crippen molar-refractivity contribution in [2.24, 2.45) is 5.73 Å². The number of hydrogen-bond donors (Lipinski definition) is 2. The molecule has 1 aromatic rings. The Labute approximate surface area is 106 Å². The Hall–Kier alpha value is -1.47. The van der Waals surface area contributed by atoms with Gasteiger partial charge in [0.15, 0.2) is 9.84 Å². The van der Waals surface area contributed by atoms with Gasteiger partial charge in [0.25, 0.3) is 5.91 Å². The van der Waals surface area contributed by atoms with E-state index in [2.05, 4.69) is 10.3 Å². The first-order valence-electron chi connectivity index (χ1n) is 5.66. The van der Waals surface area contributed by atoms with Gasteiger partial charge in [0.1, 0.15) is 0 Å². The molecule has 6 nitrogen and oxygen atoms in total. The summed E-state index contributed by atoms with van der Waals surface area (Å²) < 4.78 is 22.6. The lowest BCUT2D eigenvalue weighted by Gasteiger charge is -2.11. The van der Waals surface area contributed by atoms with E-state index in [1.807, 2.05) is 0 Å². The lowest BCUT2D eigenvalue weighted by molar-refractivity contribution is 0.0941. The maximum absolute atomic E-state index is 11.9. The number of nitrogens with one attached hydrogen (secondary N) is 1. The van der Waals surface area contributed by atoms with Gasteiger partial charge in [-0.25, -0.2) is 8.42 Å². The zero-order chi connectivity index (χ0) is 13.2. The molecule has 0 aromatic carbocycles. The van der Waals surface area contributed by atoms with E-state index in [1.165, 1.54) is 6.20 Å². The molecule has 0 spiro atoms. The molecule has 1 atom stereocenters. The van der Waals surface area contributed by atoms with E-state index in [-0.39, 0.29) is 30.0 Å². The Balaban J connectivity index is 2.04. The average molecular weight is 269 g/mol. The molecule has 1 fully saturated rings. The summed E-state index contributed by atoms with van der Waals surface area (Å²) in [5.41, 5.74) is 6.52. The van der Waals surface area contributed by atoms with E-state index < -0.39 is 9.84 Å². The van der Waals surface area contributed by atoms with Crippen molar-refractivity contribution in [1.82, 2.24) is 10.3 Å². The zero-order valence-corrected chi connectivity index (χ0v) is 10.6. The number of carbonyl (C=O) groups excluding carboxylic acids is 1. The minimum Gasteiger partial charge on any atom is -0.348 e. The van der Waals surface area contributed by atoms with Crippen molar-refractivity contribution in [2.75, 3.05) is 11.5 Å². The number of amides is 1. The molecule has 18 heavy (non-hydrogen) atoms. The molecule has 1 aromatic heterocycles. The number of hydrogen-bond acceptors (Lipinski definition) is 5. The molecule has 7 heteroatoms. The Morgan fingerprint density at radius 2 is 2.33 bits per heavy atom. The maximum atomic E-state index is 11.9. The molecule has 1 aliphatic heterocycles. The summed E-state index contributed by atoms with van der Waals surface area (Å²) in [5.74, 6) is -0.121. The molecule has 0 saturated carbocycles. The molecule has 3 N–H and O–H groups in total. The first-order chi connectivity index (χ1) is 8.50. The van der Waals surface area contributed by atoms with Crippen molar-refractivity contribution in [2.45, 2.75) is 19.0 Å². The highest BCUT2D eigenvalue weighted by molar-refractivity contribution is 7.91. The normalized spacial score (nSPS) is 21.7. The van der Waals surface area contributed by atoms with Gasteiger partial charge in [0.2, 0.25) is 0 Å². The van der Waals surface area contributed by atoms with Gasteiger partial charge in [-0.1, -0.05) is 0 Å². The van der Waals surface area contributed by atoms with Crippen molar-refractivity contribution in [3.8, 4) is 0 Å². The quantitative estimate of drug-likeness (QED) is 0.767. The summed E-state index contributed by atoms with van der Waals surface area (Å²) in [5, 5.41) is 2.72. The van der Waals surface area contributed by atoms with Crippen LogP contribution < -0.4 is 11.1 Å². The van der Waals surface area contributed by atoms with Gasteiger partial charge < -0.3 is 11.1 Å². The van der Waals surface area contributed by atoms with E-state index in [0.29, 0.717) is 17.7 Å². The fraction of sp³-hybridized carbons (Fsp3) is 0.455. The monoisotopic (exact) mass is 269 g/mol. The molecule has 1 unspecified atom stereocenters. The van der Waals surface area contributed by atoms with Gasteiger partial charge in [0.05, 0.1) is 17.2 Å². The number of nitrogens with zero attached hydrogens (tertiary/aromatic N) is 1. The second-order valence-corrected chi connectivity index (χ2v) is 6.54. The third-order valence-electron chi connectivity index (χ3n) is 2.86. The zero-order valence-electron chi connectivity index (χ0n) is 9.80. The van der Waals surface area contributed by atoms with Gasteiger partial charge in [-0.15, -0.1) is 0 Å². The third kappa shape index (κ3) is 3.05. The van der Waals surface area contributed by atoms with Crippen LogP contribution in [0, 0.1) is 0 Å². The molecule has 1 amide bonds. The topological polar surface area (TPSA) is 102 Å². The standard InChI is InChI=1S/C11H15N3O3S/c12-6-10-5-8(1-3-13-10)11(15)14-9-2-4-18(16,17)7-9/h1,3,5,9H,2,4,6-7,12H2,(H,14,15). The van der Waals surface area contributed by atoms with Crippen LogP contribution in [0.3, 0.4) is 0 Å². The largest absolute Gasteiger partial charge is 0.348 e. The summed E-state index contributed by atoms with van der Waals surface area (Å²) in [6, 6.07) is 2.90. The highest BCUT2D eigenvalue weighted by atomic mass is 32.2. The molecule has 0 bridgehead atoms. The predicted molar refractivity (Wildman–Crippen MR) is 66.7 cm³/mol. The Morgan fingerprint density at radius 1 is 1.56 bits per heavy atom. The van der Waals surface area contributed by atoms with Crippen molar-refractivity contribution in [3.63, 3.8) is 0 Å².